The van der Waals surface area contributed by atoms with Gasteiger partial charge in [-0.3, -0.25) is 0 Å². The highest BCUT2D eigenvalue weighted by atomic mass is 16.3. The fraction of sp³-hybridized carbons (Fsp3) is 0.0571. The number of rotatable bonds is 11. The Kier molecular flexibility index (Phi) is 20.3. The number of furan rings is 2. The van der Waals surface area contributed by atoms with Crippen molar-refractivity contribution in [3.8, 4) is 89.8 Å². The van der Waals surface area contributed by atoms with Gasteiger partial charge in [0.2, 0.25) is 0 Å². The lowest BCUT2D eigenvalue weighted by Gasteiger charge is -2.19. The minimum atomic E-state index is 0.124. The second-order valence-corrected chi connectivity index (χ2v) is 41.5. The van der Waals surface area contributed by atoms with E-state index >= 15 is 0 Å². The zero-order valence-corrected chi connectivity index (χ0v) is 82.8. The summed E-state index contributed by atoms with van der Waals surface area (Å²) in [6.45, 7) is 13.6. The maximum absolute atomic E-state index is 6.48. The van der Waals surface area contributed by atoms with Gasteiger partial charge in [-0.1, -0.05) is 321 Å². The van der Waals surface area contributed by atoms with Crippen LogP contribution in [0.4, 0.5) is 0 Å². The highest BCUT2D eigenvalue weighted by Gasteiger charge is 2.26. The summed E-state index contributed by atoms with van der Waals surface area (Å²) in [5.74, 6) is 0. The molecule has 8 heteroatoms. The lowest BCUT2D eigenvalue weighted by Crippen LogP contribution is -2.10. The van der Waals surface area contributed by atoms with E-state index in [1.54, 1.807) is 0 Å². The number of aromatic nitrogens is 6. The first-order chi connectivity index (χ1) is 72.7. The van der Waals surface area contributed by atoms with E-state index in [-0.39, 0.29) is 10.8 Å². The molecular formula is C140H100N6O2. The first-order valence-electron chi connectivity index (χ1n) is 51.2. The molecule has 0 N–H and O–H groups in total. The van der Waals surface area contributed by atoms with Crippen molar-refractivity contribution >= 4 is 175 Å². The van der Waals surface area contributed by atoms with Crippen LogP contribution >= 0.6 is 0 Å². The highest BCUT2D eigenvalue weighted by molar-refractivity contribution is 6.19. The van der Waals surface area contributed by atoms with E-state index < -0.39 is 0 Å². The van der Waals surface area contributed by atoms with Crippen LogP contribution in [0.3, 0.4) is 0 Å². The molecule has 8 nitrogen and oxygen atoms in total. The molecule has 0 radical (unpaired) electrons. The largest absolute Gasteiger partial charge is 0.456 e. The molecule has 30 aromatic rings. The molecule has 0 aliphatic heterocycles. The van der Waals surface area contributed by atoms with E-state index in [0.717, 1.165) is 66.4 Å². The zero-order valence-electron chi connectivity index (χ0n) is 82.8. The molecule has 0 unspecified atom stereocenters. The molecule has 702 valence electrons. The quantitative estimate of drug-likeness (QED) is 0.130. The summed E-state index contributed by atoms with van der Waals surface area (Å²) in [5.41, 5.74) is 40.0. The fourth-order valence-electron chi connectivity index (χ4n) is 23.4. The Bertz CT molecular complexity index is 10400. The Balaban J connectivity index is 0.000000107. The molecule has 30 rings (SSSR count). The van der Waals surface area contributed by atoms with Crippen molar-refractivity contribution in [3.05, 3.63) is 509 Å². The van der Waals surface area contributed by atoms with Gasteiger partial charge < -0.3 is 36.2 Å². The Hall–Kier alpha value is -18.8. The van der Waals surface area contributed by atoms with Crippen LogP contribution in [0.15, 0.2) is 506 Å². The first-order valence-corrected chi connectivity index (χ1v) is 51.2. The van der Waals surface area contributed by atoms with Crippen molar-refractivity contribution in [1.29, 1.82) is 0 Å². The van der Waals surface area contributed by atoms with Crippen LogP contribution in [0.25, 0.3) is 264 Å². The van der Waals surface area contributed by atoms with E-state index in [9.17, 15) is 0 Å². The third-order valence-electron chi connectivity index (χ3n) is 30.7. The van der Waals surface area contributed by atoms with Crippen molar-refractivity contribution in [3.63, 3.8) is 0 Å². The average Bonchev–Trinajstić information content (AvgIpc) is 1.59. The molecule has 0 atom stereocenters. The fourth-order valence-corrected chi connectivity index (χ4v) is 23.4. The summed E-state index contributed by atoms with van der Waals surface area (Å²) in [6, 6.07) is 181. The summed E-state index contributed by atoms with van der Waals surface area (Å²) >= 11 is 0. The Morgan fingerprint density at radius 1 is 0.142 bits per heavy atom. The molecule has 0 saturated heterocycles. The van der Waals surface area contributed by atoms with Gasteiger partial charge in [0.25, 0.3) is 0 Å². The van der Waals surface area contributed by atoms with Gasteiger partial charge in [-0.15, -0.1) is 0 Å². The molecule has 8 heterocycles. The van der Waals surface area contributed by atoms with Crippen molar-refractivity contribution in [1.82, 2.24) is 27.4 Å². The molecule has 0 amide bonds. The number of nitrogens with zero attached hydrogens (tertiary/aromatic N) is 6. The van der Waals surface area contributed by atoms with Gasteiger partial charge in [0, 0.05) is 126 Å². The van der Waals surface area contributed by atoms with Crippen molar-refractivity contribution < 1.29 is 8.83 Å². The second kappa shape index (κ2) is 34.5. The average molecular weight is 1900 g/mol. The summed E-state index contributed by atoms with van der Waals surface area (Å²) in [6.07, 6.45) is 0. The molecule has 0 aliphatic carbocycles. The van der Waals surface area contributed by atoms with Crippen LogP contribution in [0.2, 0.25) is 0 Å². The minimum absolute atomic E-state index is 0.124. The van der Waals surface area contributed by atoms with Crippen LogP contribution in [0.5, 0.6) is 0 Å². The summed E-state index contributed by atoms with van der Waals surface area (Å²) in [4.78, 5) is 0. The Morgan fingerprint density at radius 3 is 0.655 bits per heavy atom. The maximum atomic E-state index is 6.48. The van der Waals surface area contributed by atoms with E-state index in [1.807, 2.05) is 24.3 Å². The normalized spacial score (nSPS) is 12.1. The van der Waals surface area contributed by atoms with E-state index in [2.05, 4.69) is 542 Å². The van der Waals surface area contributed by atoms with Crippen LogP contribution in [0, 0.1) is 0 Å². The summed E-state index contributed by atoms with van der Waals surface area (Å²) in [5, 5.41) is 19.6. The van der Waals surface area contributed by atoms with Gasteiger partial charge in [-0.25, -0.2) is 0 Å². The molecule has 8 aromatic heterocycles. The Labute approximate surface area is 855 Å². The smallest absolute Gasteiger partial charge is 0.143 e. The molecule has 148 heavy (non-hydrogen) atoms. The zero-order chi connectivity index (χ0) is 98.7. The van der Waals surface area contributed by atoms with Crippen LogP contribution in [0.1, 0.15) is 52.7 Å². The van der Waals surface area contributed by atoms with Gasteiger partial charge in [0.05, 0.1) is 66.2 Å². The molecule has 0 fully saturated rings. The monoisotopic (exact) mass is 1900 g/mol. The third-order valence-corrected chi connectivity index (χ3v) is 30.7. The van der Waals surface area contributed by atoms with Crippen molar-refractivity contribution in [2.75, 3.05) is 0 Å². The lowest BCUT2D eigenvalue weighted by atomic mass is 9.87. The van der Waals surface area contributed by atoms with Gasteiger partial charge >= 0.3 is 0 Å². The number of hydrogen-bond acceptors (Lipinski definition) is 2. The molecule has 0 bridgehead atoms. The molecule has 0 saturated carbocycles. The SMILES string of the molecule is CC(C)(C)c1ccc(-n2c3ccccc3c3cc(-c4ccc5c(c4)c4ccccc4n5-c4ccc(C(C)(C)C)cc4)ccc32)cc1.c1ccc(-n2c3ccccc3c3cc(-c4ccc5c(c4)c4cc(-c6ccc7oc8ccccc8c7c6)ccc4n5-c4ccccc4)ccc32)cc1.c1ccc(-n2c3ccccc3c3cc(-c4ccc5c(c4)c4cc(-c6cccc7c6oc6ccccc67)ccc4n5-c4ccccc4)ccc32)cc1. The maximum Gasteiger partial charge on any atom is 0.143 e. The highest BCUT2D eigenvalue weighted by Crippen LogP contribution is 2.48. The van der Waals surface area contributed by atoms with Crippen LogP contribution in [-0.4, -0.2) is 27.4 Å². The van der Waals surface area contributed by atoms with Crippen molar-refractivity contribution in [2.45, 2.75) is 52.4 Å². The summed E-state index contributed by atoms with van der Waals surface area (Å²) in [7, 11) is 0. The predicted molar refractivity (Wildman–Crippen MR) is 624 cm³/mol. The molecule has 0 spiro atoms. The molecule has 22 aromatic carbocycles. The Morgan fingerprint density at radius 2 is 0.351 bits per heavy atom. The van der Waals surface area contributed by atoms with Gasteiger partial charge in [0.1, 0.15) is 22.3 Å². The van der Waals surface area contributed by atoms with Gasteiger partial charge in [-0.05, 0) is 290 Å². The topological polar surface area (TPSA) is 55.9 Å². The van der Waals surface area contributed by atoms with Crippen LogP contribution < -0.4 is 0 Å². The number of fused-ring (bicyclic) bond motifs is 24. The third kappa shape index (κ3) is 14.5. The second-order valence-electron chi connectivity index (χ2n) is 41.5. The van der Waals surface area contributed by atoms with Gasteiger partial charge in [-0.2, -0.15) is 0 Å². The van der Waals surface area contributed by atoms with E-state index in [0.29, 0.717) is 0 Å². The van der Waals surface area contributed by atoms with Gasteiger partial charge in [0.15, 0.2) is 0 Å². The standard InChI is InChI=1S/2C48H30N2O.C44H40N2/c1-3-12-34(13-4-1)49-43-20-9-7-16-37(43)40-28-31(22-25-44(40)49)32-23-26-45-41(29-32)42-30-33(24-27-46(42)50(45)35-14-5-2-6-15-35)36-18-11-19-39-38-17-8-10-21-47(38)51-48(36)39;1-3-11-35(12-4-1)49-43-17-9-7-15-37(43)39-27-31(19-23-44(39)49)32-20-24-45-40(28-32)41-29-33(21-25-46(41)50(45)36-13-5-2-6-14-36)34-22-26-48-42(30-34)38-16-8-10-18-47(38)51-48;1-43(2,3)31-17-21-33(22-18-31)45-39-13-9-7-11-35(39)37-27-29(15-25-41(37)45)30-16-26-42-38(28-30)36-12-8-10-14-40(36)46(42)34-23-19-32(20-24-34)44(4,5)6/h2*1-30H;7-28H,1-6H3. The number of para-hydroxylation sites is 11. The van der Waals surface area contributed by atoms with E-state index in [4.69, 9.17) is 8.83 Å². The number of benzene rings is 22. The molecule has 0 aliphatic rings. The van der Waals surface area contributed by atoms with E-state index in [1.165, 1.54) is 209 Å². The first kappa shape index (κ1) is 87.1. The summed E-state index contributed by atoms with van der Waals surface area (Å²) < 4.78 is 27.0. The van der Waals surface area contributed by atoms with Crippen molar-refractivity contribution in [2.24, 2.45) is 0 Å². The lowest BCUT2D eigenvalue weighted by molar-refractivity contribution is 0.590. The number of hydrogen-bond donors (Lipinski definition) is 0. The van der Waals surface area contributed by atoms with Crippen LogP contribution in [-0.2, 0) is 10.8 Å². The minimum Gasteiger partial charge on any atom is -0.456 e. The molecular weight excluding hydrogens is 1800 g/mol. The predicted octanol–water partition coefficient (Wildman–Crippen LogP) is 38.4.